The van der Waals surface area contributed by atoms with Crippen molar-refractivity contribution in [3.63, 3.8) is 0 Å². The molecule has 0 spiro atoms. The largest absolute Gasteiger partial charge is 0.497 e. The molecule has 0 bridgehead atoms. The zero-order valence-electron chi connectivity index (χ0n) is 32.3. The molecule has 3 aliphatic heterocycles. The number of carbonyl (C=O) groups excluding carboxylic acids is 5. The van der Waals surface area contributed by atoms with Crippen LogP contribution in [0, 0.1) is 23.7 Å². The van der Waals surface area contributed by atoms with Crippen molar-refractivity contribution in [3.8, 4) is 17.0 Å². The van der Waals surface area contributed by atoms with Crippen LogP contribution < -0.4 is 14.8 Å². The molecule has 2 aliphatic carbocycles. The fourth-order valence-corrected chi connectivity index (χ4v) is 10.5. The first-order valence-electron chi connectivity index (χ1n) is 19.5. The number of fused-ring (bicyclic) bond motifs is 4. The molecular formula is C40H51N5O9S2. The third kappa shape index (κ3) is 8.50. The molecule has 2 N–H and O–H groups in total. The topological polar surface area (TPSA) is 181 Å². The molecule has 56 heavy (non-hydrogen) atoms. The minimum absolute atomic E-state index is 0.144. The number of thiazole rings is 1. The highest BCUT2D eigenvalue weighted by atomic mass is 32.2. The number of carbonyl (C=O) groups is 5. The lowest BCUT2D eigenvalue weighted by molar-refractivity contribution is -0.159. The van der Waals surface area contributed by atoms with Gasteiger partial charge in [-0.25, -0.2) is 13.4 Å². The van der Waals surface area contributed by atoms with Crippen LogP contribution in [0.15, 0.2) is 41.8 Å². The standard InChI is InChI=1S/C40H51N5O9S2/c1-39(2,3)54-32(46)18-25-10-8-6-5-7-9-11-27-19-40(27,38(50)43-56(51,52)29-16-17-29)42-34(47)33-30-22-44(20-26(30)21-45(33)36(25)48)37(49)35-41-31(23-55-35)24-12-14-28(53-4)15-13-24/h9,11-15,23,25-27,29-30,33H,5-8,10,16-22H2,1-4H3,(H,42,47)(H,43,50)/b11-9-/t25-,26-,27+,30-,33-,40+/m0/s1. The van der Waals surface area contributed by atoms with Gasteiger partial charge in [0.2, 0.25) is 21.8 Å². The number of amides is 4. The predicted molar refractivity (Wildman–Crippen MR) is 208 cm³/mol. The van der Waals surface area contributed by atoms with E-state index in [9.17, 15) is 32.4 Å². The Balaban J connectivity index is 1.16. The fraction of sp³-hybridized carbons (Fsp3) is 0.600. The molecule has 4 amide bonds. The normalized spacial score (nSPS) is 28.8. The van der Waals surface area contributed by atoms with Crippen LogP contribution in [0.1, 0.15) is 88.4 Å². The van der Waals surface area contributed by atoms with E-state index in [4.69, 9.17) is 9.47 Å². The molecule has 0 radical (unpaired) electrons. The lowest BCUT2D eigenvalue weighted by Gasteiger charge is -2.32. The number of rotatable bonds is 8. The van der Waals surface area contributed by atoms with Gasteiger partial charge in [0.25, 0.3) is 11.8 Å². The van der Waals surface area contributed by atoms with E-state index in [1.165, 1.54) is 16.2 Å². The van der Waals surface area contributed by atoms with Gasteiger partial charge >= 0.3 is 5.97 Å². The average molecular weight is 810 g/mol. The van der Waals surface area contributed by atoms with Crippen molar-refractivity contribution < 1.29 is 41.9 Å². The molecule has 0 unspecified atom stereocenters. The molecule has 5 aliphatic rings. The Bertz CT molecular complexity index is 2000. The molecule has 6 atom stereocenters. The Morgan fingerprint density at radius 2 is 1.79 bits per heavy atom. The summed E-state index contributed by atoms with van der Waals surface area (Å²) in [5, 5.41) is 4.42. The lowest BCUT2D eigenvalue weighted by Crippen LogP contribution is -2.58. The molecule has 16 heteroatoms. The number of sulfonamides is 1. The van der Waals surface area contributed by atoms with Crippen LogP contribution in [0.3, 0.4) is 0 Å². The summed E-state index contributed by atoms with van der Waals surface area (Å²) >= 11 is 1.23. The molecule has 14 nitrogen and oxygen atoms in total. The smallest absolute Gasteiger partial charge is 0.307 e. The summed E-state index contributed by atoms with van der Waals surface area (Å²) in [4.78, 5) is 78.0. The van der Waals surface area contributed by atoms with Crippen molar-refractivity contribution in [3.05, 3.63) is 46.8 Å². The number of hydrogen-bond donors (Lipinski definition) is 2. The first-order chi connectivity index (χ1) is 26.6. The Morgan fingerprint density at radius 1 is 1.04 bits per heavy atom. The number of aromatic nitrogens is 1. The summed E-state index contributed by atoms with van der Waals surface area (Å²) in [6.45, 7) is 5.92. The molecule has 4 fully saturated rings. The second kappa shape index (κ2) is 15.6. The van der Waals surface area contributed by atoms with Crippen molar-refractivity contribution >= 4 is 51.0 Å². The number of methoxy groups -OCH3 is 1. The Labute approximate surface area is 331 Å². The zero-order valence-corrected chi connectivity index (χ0v) is 34.0. The molecule has 1 aromatic heterocycles. The van der Waals surface area contributed by atoms with E-state index < -0.39 is 68.0 Å². The summed E-state index contributed by atoms with van der Waals surface area (Å²) in [5.74, 6) is -3.71. The third-order valence-corrected chi connectivity index (χ3v) is 14.2. The number of hydrogen-bond acceptors (Lipinski definition) is 11. The van der Waals surface area contributed by atoms with Crippen LogP contribution in [0.25, 0.3) is 11.3 Å². The van der Waals surface area contributed by atoms with Crippen LogP contribution in [0.2, 0.25) is 0 Å². The molecule has 4 heterocycles. The highest BCUT2D eigenvalue weighted by Crippen LogP contribution is 2.47. The number of nitrogens with one attached hydrogen (secondary N) is 2. The molecule has 2 saturated carbocycles. The molecule has 2 saturated heterocycles. The van der Waals surface area contributed by atoms with Gasteiger partial charge in [0.1, 0.15) is 22.9 Å². The van der Waals surface area contributed by atoms with Gasteiger partial charge in [0.05, 0.1) is 24.5 Å². The Kier molecular flexibility index (Phi) is 11.1. The summed E-state index contributed by atoms with van der Waals surface area (Å²) in [6.07, 6.45) is 8.29. The Morgan fingerprint density at radius 3 is 2.48 bits per heavy atom. The molecule has 302 valence electrons. The predicted octanol–water partition coefficient (Wildman–Crippen LogP) is 4.07. The van der Waals surface area contributed by atoms with E-state index >= 15 is 0 Å². The number of benzene rings is 1. The highest BCUT2D eigenvalue weighted by Gasteiger charge is 2.63. The van der Waals surface area contributed by atoms with Crippen LogP contribution in [0.5, 0.6) is 5.75 Å². The van der Waals surface area contributed by atoms with E-state index in [2.05, 4.69) is 15.0 Å². The number of nitrogens with zero attached hydrogens (tertiary/aromatic N) is 3. The second-order valence-corrected chi connectivity index (χ2v) is 19.7. The summed E-state index contributed by atoms with van der Waals surface area (Å²) in [7, 11) is -2.32. The van der Waals surface area contributed by atoms with Gasteiger partial charge in [0, 0.05) is 54.2 Å². The maximum atomic E-state index is 14.7. The molecule has 1 aromatic carbocycles. The van der Waals surface area contributed by atoms with Gasteiger partial charge in [-0.05, 0) is 83.6 Å². The van der Waals surface area contributed by atoms with Crippen molar-refractivity contribution in [1.82, 2.24) is 24.8 Å². The maximum Gasteiger partial charge on any atom is 0.307 e. The van der Waals surface area contributed by atoms with Crippen LogP contribution >= 0.6 is 11.3 Å². The quantitative estimate of drug-likeness (QED) is 0.292. The van der Waals surface area contributed by atoms with E-state index in [0.29, 0.717) is 48.6 Å². The third-order valence-electron chi connectivity index (χ3n) is 11.5. The van der Waals surface area contributed by atoms with Crippen LogP contribution in [-0.4, -0.2) is 102 Å². The Hall–Kier alpha value is -4.31. The van der Waals surface area contributed by atoms with Crippen LogP contribution in [-0.2, 0) is 33.9 Å². The highest BCUT2D eigenvalue weighted by molar-refractivity contribution is 7.91. The van der Waals surface area contributed by atoms with Crippen LogP contribution in [0.4, 0.5) is 0 Å². The van der Waals surface area contributed by atoms with Gasteiger partial charge in [0.15, 0.2) is 5.01 Å². The lowest BCUT2D eigenvalue weighted by atomic mass is 9.92. The van der Waals surface area contributed by atoms with Gasteiger partial charge in [-0.3, -0.25) is 28.7 Å². The number of ether oxygens (including phenoxy) is 2. The zero-order chi connectivity index (χ0) is 40.0. The fourth-order valence-electron chi connectivity index (χ4n) is 8.35. The van der Waals surface area contributed by atoms with Crippen molar-refractivity contribution in [1.29, 1.82) is 0 Å². The molecule has 7 rings (SSSR count). The van der Waals surface area contributed by atoms with E-state index in [0.717, 1.165) is 18.4 Å². The second-order valence-electron chi connectivity index (χ2n) is 16.8. The minimum atomic E-state index is -3.90. The molecular weight excluding hydrogens is 759 g/mol. The minimum Gasteiger partial charge on any atom is -0.497 e. The van der Waals surface area contributed by atoms with Crippen molar-refractivity contribution in [2.75, 3.05) is 26.7 Å². The van der Waals surface area contributed by atoms with Gasteiger partial charge in [-0.1, -0.05) is 25.0 Å². The summed E-state index contributed by atoms with van der Waals surface area (Å²) in [5.41, 5.74) is -0.775. The van der Waals surface area contributed by atoms with Gasteiger partial charge in [-0.15, -0.1) is 11.3 Å². The van der Waals surface area contributed by atoms with E-state index in [-0.39, 0.29) is 50.2 Å². The number of esters is 1. The van der Waals surface area contributed by atoms with Gasteiger partial charge < -0.3 is 24.6 Å². The van der Waals surface area contributed by atoms with Crippen molar-refractivity contribution in [2.45, 2.75) is 101 Å². The first kappa shape index (κ1) is 39.9. The van der Waals surface area contributed by atoms with Crippen molar-refractivity contribution in [2.24, 2.45) is 23.7 Å². The van der Waals surface area contributed by atoms with Gasteiger partial charge in [-0.2, -0.15) is 0 Å². The number of likely N-dealkylation sites (tertiary alicyclic amines) is 1. The first-order valence-corrected chi connectivity index (χ1v) is 22.0. The number of allylic oxidation sites excluding steroid dienone is 1. The maximum absolute atomic E-state index is 14.7. The molecule has 2 aromatic rings. The van der Waals surface area contributed by atoms with E-state index in [1.54, 1.807) is 32.8 Å². The monoisotopic (exact) mass is 809 g/mol. The van der Waals surface area contributed by atoms with E-state index in [1.807, 2.05) is 41.8 Å². The summed E-state index contributed by atoms with van der Waals surface area (Å²) < 4.78 is 38.9. The SMILES string of the molecule is COc1ccc(-c2csc(C(=O)N3C[C@H]4CN5C(=O)[C@H](CC(=O)OC(C)(C)C)CCCCC/C=C\[C@@H]6C[C@@]6(C(=O)NS(=O)(=O)C6CC6)NC(=O)[C@@H]5[C@H]4C3)n2)cc1. The average Bonchev–Trinajstić information content (AvgIpc) is 3.96. The summed E-state index contributed by atoms with van der Waals surface area (Å²) in [6, 6.07) is 6.31.